The van der Waals surface area contributed by atoms with Gasteiger partial charge in [0, 0.05) is 18.1 Å². The molecule has 8 aromatic rings. The second-order valence-electron chi connectivity index (χ2n) is 17.3. The standard InChI is InChI=1S/C52H49N3.Pt/c1-31-24-39(51(5,6)7)25-32(2)47(31)37-20-22-53-45(29-37)36-15-11-14-35(28-36)41-16-12-17-42-43-18-13-19-44(50(43)55-49(41)42)46-30-38(21-23-54-46)48-33(3)26-40(27-34(48)4)52(8,9)10;/h11-27,29-30H,1-10H3;/q-2;+2. The fourth-order valence-corrected chi connectivity index (χ4v) is 8.24. The van der Waals surface area contributed by atoms with Crippen LogP contribution in [0.5, 0.6) is 0 Å². The van der Waals surface area contributed by atoms with Crippen molar-refractivity contribution >= 4 is 21.8 Å². The van der Waals surface area contributed by atoms with Gasteiger partial charge < -0.3 is 4.98 Å². The van der Waals surface area contributed by atoms with Gasteiger partial charge in [-0.3, -0.25) is 9.97 Å². The van der Waals surface area contributed by atoms with Gasteiger partial charge in [-0.05, 0) is 129 Å². The van der Waals surface area contributed by atoms with E-state index in [-0.39, 0.29) is 31.9 Å². The van der Waals surface area contributed by atoms with Crippen molar-refractivity contribution in [1.29, 1.82) is 0 Å². The zero-order chi connectivity index (χ0) is 38.8. The third kappa shape index (κ3) is 7.19. The minimum absolute atomic E-state index is 0. The zero-order valence-electron chi connectivity index (χ0n) is 34.1. The molecule has 0 N–H and O–H groups in total. The number of pyridine rings is 2. The molecule has 0 radical (unpaired) electrons. The first-order valence-electron chi connectivity index (χ1n) is 19.4. The quantitative estimate of drug-likeness (QED) is 0.162. The molecule has 0 fully saturated rings. The summed E-state index contributed by atoms with van der Waals surface area (Å²) in [6.07, 6.45) is 3.85. The van der Waals surface area contributed by atoms with Crippen molar-refractivity contribution < 1.29 is 21.1 Å². The van der Waals surface area contributed by atoms with Gasteiger partial charge in [0.05, 0.1) is 5.69 Å². The van der Waals surface area contributed by atoms with Crippen LogP contribution >= 0.6 is 0 Å². The summed E-state index contributed by atoms with van der Waals surface area (Å²) < 4.78 is 0. The molecule has 5 aromatic carbocycles. The molecule has 0 bridgehead atoms. The van der Waals surface area contributed by atoms with E-state index in [0.717, 1.165) is 55.4 Å². The summed E-state index contributed by atoms with van der Waals surface area (Å²) in [5.41, 5.74) is 20.7. The van der Waals surface area contributed by atoms with Gasteiger partial charge in [-0.25, -0.2) is 0 Å². The molecule has 56 heavy (non-hydrogen) atoms. The average Bonchev–Trinajstić information content (AvgIpc) is 3.53. The normalized spacial score (nSPS) is 12.0. The first kappa shape index (κ1) is 39.1. The Bertz CT molecular complexity index is 2730. The first-order chi connectivity index (χ1) is 26.2. The van der Waals surface area contributed by atoms with E-state index in [1.165, 1.54) is 55.6 Å². The van der Waals surface area contributed by atoms with Crippen LogP contribution in [0.1, 0.15) is 74.9 Å². The van der Waals surface area contributed by atoms with E-state index in [0.29, 0.717) is 0 Å². The van der Waals surface area contributed by atoms with Crippen molar-refractivity contribution in [2.24, 2.45) is 0 Å². The summed E-state index contributed by atoms with van der Waals surface area (Å²) in [7, 11) is 0. The Labute approximate surface area is 346 Å². The van der Waals surface area contributed by atoms with Gasteiger partial charge in [0.1, 0.15) is 0 Å². The van der Waals surface area contributed by atoms with Crippen LogP contribution in [0.4, 0.5) is 0 Å². The third-order valence-electron chi connectivity index (χ3n) is 11.1. The maximum Gasteiger partial charge on any atom is 2.00 e. The fourth-order valence-electron chi connectivity index (χ4n) is 8.24. The second kappa shape index (κ2) is 14.8. The van der Waals surface area contributed by atoms with E-state index in [4.69, 9.17) is 15.0 Å². The second-order valence-corrected chi connectivity index (χ2v) is 17.3. The molecule has 282 valence electrons. The topological polar surface area (TPSA) is 39.9 Å². The predicted octanol–water partition coefficient (Wildman–Crippen LogP) is 13.7. The minimum atomic E-state index is 0. The van der Waals surface area contributed by atoms with Crippen LogP contribution in [0.25, 0.3) is 77.7 Å². The molecule has 0 saturated heterocycles. The van der Waals surface area contributed by atoms with Crippen LogP contribution in [-0.4, -0.2) is 9.97 Å². The van der Waals surface area contributed by atoms with Gasteiger partial charge in [0.25, 0.3) is 0 Å². The number of aryl methyl sites for hydroxylation is 4. The van der Waals surface area contributed by atoms with E-state index in [9.17, 15) is 0 Å². The van der Waals surface area contributed by atoms with E-state index in [2.05, 4.69) is 178 Å². The van der Waals surface area contributed by atoms with E-state index >= 15 is 0 Å². The zero-order valence-corrected chi connectivity index (χ0v) is 36.4. The first-order valence-corrected chi connectivity index (χ1v) is 19.4. The van der Waals surface area contributed by atoms with Crippen LogP contribution in [0.2, 0.25) is 0 Å². The molecule has 0 aliphatic carbocycles. The average molecular weight is 911 g/mol. The summed E-state index contributed by atoms with van der Waals surface area (Å²) in [6, 6.07) is 41.0. The number of fused-ring (bicyclic) bond motifs is 3. The summed E-state index contributed by atoms with van der Waals surface area (Å²) in [4.78, 5) is 15.1. The molecular weight excluding hydrogens is 862 g/mol. The van der Waals surface area contributed by atoms with Crippen LogP contribution < -0.4 is 4.98 Å². The Morgan fingerprint density at radius 3 is 1.43 bits per heavy atom. The van der Waals surface area contributed by atoms with E-state index in [1.54, 1.807) is 0 Å². The molecule has 0 unspecified atom stereocenters. The van der Waals surface area contributed by atoms with Crippen molar-refractivity contribution in [3.8, 4) is 55.9 Å². The number of para-hydroxylation sites is 2. The van der Waals surface area contributed by atoms with Gasteiger partial charge in [0.2, 0.25) is 0 Å². The van der Waals surface area contributed by atoms with Crippen molar-refractivity contribution in [3.05, 3.63) is 155 Å². The predicted molar refractivity (Wildman–Crippen MR) is 233 cm³/mol. The van der Waals surface area contributed by atoms with Gasteiger partial charge in [-0.2, -0.15) is 5.52 Å². The number of aromatic nitrogens is 3. The largest absolute Gasteiger partial charge is 2.00 e. The summed E-state index contributed by atoms with van der Waals surface area (Å²) in [5.74, 6) is 0. The summed E-state index contributed by atoms with van der Waals surface area (Å²) >= 11 is 0. The minimum Gasteiger partial charge on any atom is -0.662 e. The van der Waals surface area contributed by atoms with Crippen molar-refractivity contribution in [2.75, 3.05) is 0 Å². The van der Waals surface area contributed by atoms with Crippen LogP contribution in [0.3, 0.4) is 0 Å². The summed E-state index contributed by atoms with van der Waals surface area (Å²) in [5, 5.41) is 2.25. The van der Waals surface area contributed by atoms with Crippen LogP contribution in [0.15, 0.2) is 116 Å². The van der Waals surface area contributed by atoms with E-state index < -0.39 is 0 Å². The number of benzene rings is 5. The number of hydrogen-bond acceptors (Lipinski definition) is 2. The Kier molecular flexibility index (Phi) is 10.3. The number of nitrogens with zero attached hydrogens (tertiary/aromatic N) is 3. The Balaban J connectivity index is 0.00000480. The molecule has 0 atom stereocenters. The Hall–Kier alpha value is -5.11. The molecule has 3 aromatic heterocycles. The van der Waals surface area contributed by atoms with Crippen molar-refractivity contribution in [3.63, 3.8) is 0 Å². The van der Waals surface area contributed by atoms with Crippen molar-refractivity contribution in [2.45, 2.75) is 80.1 Å². The Morgan fingerprint density at radius 1 is 0.482 bits per heavy atom. The monoisotopic (exact) mass is 910 g/mol. The molecule has 3 nitrogen and oxygen atoms in total. The third-order valence-corrected chi connectivity index (χ3v) is 11.1. The van der Waals surface area contributed by atoms with E-state index in [1.807, 2.05) is 12.4 Å². The molecule has 8 rings (SSSR count). The number of hydrogen-bond donors (Lipinski definition) is 0. The molecule has 0 spiro atoms. The smallest absolute Gasteiger partial charge is 0.662 e. The molecular formula is C52H49N3Pt. The molecule has 4 heteroatoms. The van der Waals surface area contributed by atoms with Gasteiger partial charge >= 0.3 is 21.1 Å². The number of rotatable bonds is 5. The molecule has 0 aliphatic rings. The Morgan fingerprint density at radius 2 is 0.911 bits per heavy atom. The van der Waals surface area contributed by atoms with Gasteiger partial charge in [-0.15, -0.1) is 35.3 Å². The summed E-state index contributed by atoms with van der Waals surface area (Å²) in [6.45, 7) is 22.5. The van der Waals surface area contributed by atoms with Gasteiger partial charge in [0.15, 0.2) is 0 Å². The molecule has 3 heterocycles. The molecule has 0 amide bonds. The van der Waals surface area contributed by atoms with Crippen LogP contribution in [0, 0.1) is 33.8 Å². The molecule has 0 saturated carbocycles. The van der Waals surface area contributed by atoms with Crippen molar-refractivity contribution in [1.82, 2.24) is 15.0 Å². The fraction of sp³-hybridized carbons (Fsp3) is 0.231. The maximum absolute atomic E-state index is 5.37. The SMILES string of the molecule is Cc1cc(C(C)(C)C)cc(C)c1-c1ccnc(-c2[c-]c(-c3cccc4c3[n-]c3c(-c5cc(-c6c(C)cc(C(C)(C)C)cc6C)ccn5)cccc34)ccc2)c1.[Pt+2]. The van der Waals surface area contributed by atoms with Crippen LogP contribution in [-0.2, 0) is 31.9 Å². The van der Waals surface area contributed by atoms with Gasteiger partial charge in [-0.1, -0.05) is 119 Å². The maximum atomic E-state index is 5.37. The molecule has 0 aliphatic heterocycles.